The van der Waals surface area contributed by atoms with E-state index in [-0.39, 0.29) is 6.17 Å². The van der Waals surface area contributed by atoms with Gasteiger partial charge in [0.05, 0.1) is 0 Å². The van der Waals surface area contributed by atoms with Crippen LogP contribution in [0.5, 0.6) is 0 Å². The Hall–Kier alpha value is -1.35. The SMILES string of the molecule is CN[C@H](C=O)N1CCc2ccccc21. The van der Waals surface area contributed by atoms with Gasteiger partial charge in [0.1, 0.15) is 6.17 Å². The number of fused-ring (bicyclic) bond motifs is 1. The van der Waals surface area contributed by atoms with Crippen molar-refractivity contribution < 1.29 is 4.79 Å². The van der Waals surface area contributed by atoms with E-state index in [1.807, 2.05) is 12.1 Å². The molecule has 0 saturated heterocycles. The van der Waals surface area contributed by atoms with Gasteiger partial charge in [-0.05, 0) is 25.1 Å². The summed E-state index contributed by atoms with van der Waals surface area (Å²) in [6.45, 7) is 0.920. The normalized spacial score (nSPS) is 16.5. The molecule has 1 aliphatic heterocycles. The van der Waals surface area contributed by atoms with Gasteiger partial charge in [-0.25, -0.2) is 0 Å². The number of likely N-dealkylation sites (N-methyl/N-ethyl adjacent to an activating group) is 1. The predicted molar refractivity (Wildman–Crippen MR) is 56.4 cm³/mol. The van der Waals surface area contributed by atoms with E-state index < -0.39 is 0 Å². The predicted octanol–water partition coefficient (Wildman–Crippen LogP) is 0.793. The standard InChI is InChI=1S/C11H14N2O/c1-12-11(8-14)13-7-6-9-4-2-3-5-10(9)13/h2-5,8,11-12H,6-7H2,1H3/t11-/m0/s1. The number of benzene rings is 1. The summed E-state index contributed by atoms with van der Waals surface area (Å²) in [6.07, 6.45) is 1.78. The van der Waals surface area contributed by atoms with Gasteiger partial charge in [0, 0.05) is 12.2 Å². The van der Waals surface area contributed by atoms with Crippen LogP contribution in [0.1, 0.15) is 5.56 Å². The van der Waals surface area contributed by atoms with Crippen molar-refractivity contribution in [2.24, 2.45) is 0 Å². The van der Waals surface area contributed by atoms with E-state index in [0.717, 1.165) is 19.3 Å². The van der Waals surface area contributed by atoms with Crippen LogP contribution in [0, 0.1) is 0 Å². The monoisotopic (exact) mass is 190 g/mol. The van der Waals surface area contributed by atoms with E-state index >= 15 is 0 Å². The smallest absolute Gasteiger partial charge is 0.157 e. The van der Waals surface area contributed by atoms with Gasteiger partial charge in [-0.2, -0.15) is 0 Å². The zero-order valence-corrected chi connectivity index (χ0v) is 8.23. The Morgan fingerprint density at radius 1 is 1.50 bits per heavy atom. The van der Waals surface area contributed by atoms with Gasteiger partial charge < -0.3 is 4.90 Å². The van der Waals surface area contributed by atoms with E-state index in [1.165, 1.54) is 11.3 Å². The molecule has 0 unspecified atom stereocenters. The molecule has 0 spiro atoms. The van der Waals surface area contributed by atoms with Crippen molar-refractivity contribution in [3.8, 4) is 0 Å². The molecular weight excluding hydrogens is 176 g/mol. The second kappa shape index (κ2) is 3.80. The highest BCUT2D eigenvalue weighted by Crippen LogP contribution is 2.27. The van der Waals surface area contributed by atoms with Crippen LogP contribution < -0.4 is 10.2 Å². The highest BCUT2D eigenvalue weighted by molar-refractivity contribution is 5.69. The van der Waals surface area contributed by atoms with Gasteiger partial charge in [-0.15, -0.1) is 0 Å². The molecule has 0 amide bonds. The van der Waals surface area contributed by atoms with Crippen molar-refractivity contribution in [3.63, 3.8) is 0 Å². The summed E-state index contributed by atoms with van der Waals surface area (Å²) in [4.78, 5) is 12.9. The molecule has 1 N–H and O–H groups in total. The number of rotatable bonds is 3. The van der Waals surface area contributed by atoms with Gasteiger partial charge >= 0.3 is 0 Å². The van der Waals surface area contributed by atoms with Crippen LogP contribution in [0.3, 0.4) is 0 Å². The van der Waals surface area contributed by atoms with Gasteiger partial charge in [0.25, 0.3) is 0 Å². The summed E-state index contributed by atoms with van der Waals surface area (Å²) in [5.41, 5.74) is 2.51. The molecule has 3 heteroatoms. The first-order valence-corrected chi connectivity index (χ1v) is 4.84. The largest absolute Gasteiger partial charge is 0.349 e. The summed E-state index contributed by atoms with van der Waals surface area (Å²) in [5, 5.41) is 2.99. The number of hydrogen-bond donors (Lipinski definition) is 1. The van der Waals surface area contributed by atoms with Crippen LogP contribution in [0.4, 0.5) is 5.69 Å². The van der Waals surface area contributed by atoms with E-state index in [1.54, 1.807) is 7.05 Å². The third-order valence-corrected chi connectivity index (χ3v) is 2.68. The van der Waals surface area contributed by atoms with Crippen LogP contribution in [0.25, 0.3) is 0 Å². The average Bonchev–Trinajstić information content (AvgIpc) is 2.65. The van der Waals surface area contributed by atoms with Crippen molar-refractivity contribution in [1.29, 1.82) is 0 Å². The Morgan fingerprint density at radius 3 is 3.00 bits per heavy atom. The Labute approximate surface area is 83.7 Å². The van der Waals surface area contributed by atoms with Crippen LogP contribution in [-0.2, 0) is 11.2 Å². The summed E-state index contributed by atoms with van der Waals surface area (Å²) >= 11 is 0. The van der Waals surface area contributed by atoms with Crippen molar-refractivity contribution in [2.75, 3.05) is 18.5 Å². The minimum atomic E-state index is -0.196. The summed E-state index contributed by atoms with van der Waals surface area (Å²) < 4.78 is 0. The summed E-state index contributed by atoms with van der Waals surface area (Å²) in [5.74, 6) is 0. The van der Waals surface area contributed by atoms with E-state index in [9.17, 15) is 4.79 Å². The first-order valence-electron chi connectivity index (χ1n) is 4.84. The topological polar surface area (TPSA) is 32.3 Å². The maximum absolute atomic E-state index is 10.8. The lowest BCUT2D eigenvalue weighted by molar-refractivity contribution is -0.109. The molecule has 0 saturated carbocycles. The van der Waals surface area contributed by atoms with Crippen molar-refractivity contribution in [2.45, 2.75) is 12.6 Å². The van der Waals surface area contributed by atoms with Crippen molar-refractivity contribution >= 4 is 12.0 Å². The first kappa shape index (κ1) is 9.21. The Bertz CT molecular complexity index is 338. The summed E-state index contributed by atoms with van der Waals surface area (Å²) in [6, 6.07) is 8.23. The molecule has 3 nitrogen and oxygen atoms in total. The molecule has 1 aromatic carbocycles. The number of nitrogens with zero attached hydrogens (tertiary/aromatic N) is 1. The van der Waals surface area contributed by atoms with Gasteiger partial charge in [-0.3, -0.25) is 10.1 Å². The number of anilines is 1. The van der Waals surface area contributed by atoms with Gasteiger partial charge in [0.15, 0.2) is 6.29 Å². The second-order valence-corrected chi connectivity index (χ2v) is 3.44. The van der Waals surface area contributed by atoms with Gasteiger partial charge in [0.2, 0.25) is 0 Å². The lowest BCUT2D eigenvalue weighted by Crippen LogP contribution is -2.44. The third-order valence-electron chi connectivity index (χ3n) is 2.68. The first-order chi connectivity index (χ1) is 6.86. The minimum Gasteiger partial charge on any atom is -0.349 e. The number of para-hydroxylation sites is 1. The molecule has 0 bridgehead atoms. The zero-order chi connectivity index (χ0) is 9.97. The molecule has 0 radical (unpaired) electrons. The van der Waals surface area contributed by atoms with E-state index in [0.29, 0.717) is 0 Å². The second-order valence-electron chi connectivity index (χ2n) is 3.44. The molecule has 1 atom stereocenters. The molecule has 1 heterocycles. The fraction of sp³-hybridized carbons (Fsp3) is 0.364. The number of carbonyl (C=O) groups is 1. The lowest BCUT2D eigenvalue weighted by Gasteiger charge is -2.25. The highest BCUT2D eigenvalue weighted by Gasteiger charge is 2.23. The Balaban J connectivity index is 2.29. The summed E-state index contributed by atoms with van der Waals surface area (Å²) in [7, 11) is 1.81. The maximum Gasteiger partial charge on any atom is 0.157 e. The fourth-order valence-corrected chi connectivity index (χ4v) is 1.95. The number of hydrogen-bond acceptors (Lipinski definition) is 3. The van der Waals surface area contributed by atoms with E-state index in [4.69, 9.17) is 0 Å². The minimum absolute atomic E-state index is 0.196. The molecular formula is C11H14N2O. The zero-order valence-electron chi connectivity index (χ0n) is 8.23. The molecule has 1 aromatic rings. The molecule has 14 heavy (non-hydrogen) atoms. The van der Waals surface area contributed by atoms with Crippen LogP contribution in [0.15, 0.2) is 24.3 Å². The van der Waals surface area contributed by atoms with Crippen molar-refractivity contribution in [3.05, 3.63) is 29.8 Å². The molecule has 0 fully saturated rings. The van der Waals surface area contributed by atoms with Crippen LogP contribution in [-0.4, -0.2) is 26.0 Å². The Kier molecular flexibility index (Phi) is 2.50. The maximum atomic E-state index is 10.8. The third kappa shape index (κ3) is 1.40. The average molecular weight is 190 g/mol. The van der Waals surface area contributed by atoms with Crippen LogP contribution >= 0.6 is 0 Å². The van der Waals surface area contributed by atoms with Crippen molar-refractivity contribution in [1.82, 2.24) is 5.32 Å². The molecule has 0 aliphatic carbocycles. The quantitative estimate of drug-likeness (QED) is 0.715. The number of nitrogens with one attached hydrogen (secondary N) is 1. The van der Waals surface area contributed by atoms with Gasteiger partial charge in [-0.1, -0.05) is 18.2 Å². The number of carbonyl (C=O) groups excluding carboxylic acids is 1. The van der Waals surface area contributed by atoms with Crippen LogP contribution in [0.2, 0.25) is 0 Å². The highest BCUT2D eigenvalue weighted by atomic mass is 16.1. The fourth-order valence-electron chi connectivity index (χ4n) is 1.95. The molecule has 2 rings (SSSR count). The van der Waals surface area contributed by atoms with E-state index in [2.05, 4.69) is 22.3 Å². The molecule has 74 valence electrons. The molecule has 1 aliphatic rings. The number of aldehydes is 1. The Morgan fingerprint density at radius 2 is 2.29 bits per heavy atom. The lowest BCUT2D eigenvalue weighted by atomic mass is 10.2. The molecule has 0 aromatic heterocycles.